The van der Waals surface area contributed by atoms with Crippen LogP contribution in [0, 0.1) is 5.92 Å². The number of nitrogens with one attached hydrogen (secondary N) is 1. The zero-order valence-corrected chi connectivity index (χ0v) is 11.4. The molecule has 1 aliphatic carbocycles. The third kappa shape index (κ3) is 2.65. The second-order valence-electron chi connectivity index (χ2n) is 5.25. The van der Waals surface area contributed by atoms with Crippen molar-refractivity contribution < 1.29 is 0 Å². The first kappa shape index (κ1) is 13.1. The molecule has 2 aromatic heterocycles. The van der Waals surface area contributed by atoms with Crippen molar-refractivity contribution in [1.29, 1.82) is 0 Å². The third-order valence-electron chi connectivity index (χ3n) is 3.98. The molecule has 106 valence electrons. The van der Waals surface area contributed by atoms with E-state index in [0.29, 0.717) is 12.0 Å². The van der Waals surface area contributed by atoms with E-state index in [-0.39, 0.29) is 0 Å². The molecule has 0 spiro atoms. The van der Waals surface area contributed by atoms with Crippen LogP contribution in [0.25, 0.3) is 5.82 Å². The maximum absolute atomic E-state index is 5.90. The van der Waals surface area contributed by atoms with Crippen LogP contribution >= 0.6 is 0 Å². The summed E-state index contributed by atoms with van der Waals surface area (Å²) in [6, 6.07) is 4.38. The van der Waals surface area contributed by atoms with Crippen LogP contribution in [0.3, 0.4) is 0 Å². The summed E-state index contributed by atoms with van der Waals surface area (Å²) >= 11 is 0. The Morgan fingerprint density at radius 1 is 1.35 bits per heavy atom. The number of pyridine rings is 1. The lowest BCUT2D eigenvalue weighted by Gasteiger charge is -2.32. The molecule has 1 saturated carbocycles. The van der Waals surface area contributed by atoms with E-state index >= 15 is 0 Å². The van der Waals surface area contributed by atoms with Gasteiger partial charge in [0, 0.05) is 12.2 Å². The third-order valence-corrected chi connectivity index (χ3v) is 3.98. The van der Waals surface area contributed by atoms with Gasteiger partial charge < -0.3 is 11.1 Å². The van der Waals surface area contributed by atoms with E-state index in [2.05, 4.69) is 20.4 Å². The quantitative estimate of drug-likeness (QED) is 0.883. The lowest BCUT2D eigenvalue weighted by molar-refractivity contribution is 0.332. The Hall–Kier alpha value is -1.95. The van der Waals surface area contributed by atoms with Crippen LogP contribution in [0.1, 0.15) is 25.7 Å². The van der Waals surface area contributed by atoms with Gasteiger partial charge in [0.25, 0.3) is 0 Å². The molecule has 1 aliphatic rings. The number of anilines is 1. The van der Waals surface area contributed by atoms with Crippen molar-refractivity contribution in [2.45, 2.75) is 31.7 Å². The topological polar surface area (TPSA) is 81.6 Å². The van der Waals surface area contributed by atoms with Crippen LogP contribution in [0.5, 0.6) is 0 Å². The Balaban J connectivity index is 1.83. The molecule has 2 atom stereocenters. The molecule has 0 amide bonds. The Bertz CT molecular complexity index is 538. The van der Waals surface area contributed by atoms with E-state index in [1.807, 2.05) is 12.1 Å². The molecular formula is C14H20N6. The van der Waals surface area contributed by atoms with E-state index in [0.717, 1.165) is 24.5 Å². The molecule has 20 heavy (non-hydrogen) atoms. The standard InChI is InChI=1S/C14H20N6/c15-8-11-4-1-2-5-12(11)19-13-6-3-7-17-14(13)20-10-16-9-18-20/h3,6-7,9-12,19H,1-2,4-5,8,15H2. The molecule has 2 aromatic rings. The van der Waals surface area contributed by atoms with Gasteiger partial charge in [-0.15, -0.1) is 0 Å². The normalized spacial score (nSPS) is 22.6. The Morgan fingerprint density at radius 3 is 3.05 bits per heavy atom. The van der Waals surface area contributed by atoms with Crippen molar-refractivity contribution >= 4 is 5.69 Å². The molecule has 0 saturated heterocycles. The average molecular weight is 272 g/mol. The van der Waals surface area contributed by atoms with Crippen LogP contribution in [0.2, 0.25) is 0 Å². The highest BCUT2D eigenvalue weighted by Crippen LogP contribution is 2.28. The Morgan fingerprint density at radius 2 is 2.25 bits per heavy atom. The number of rotatable bonds is 4. The van der Waals surface area contributed by atoms with Crippen molar-refractivity contribution in [3.8, 4) is 5.82 Å². The minimum absolute atomic E-state index is 0.417. The molecule has 1 fully saturated rings. The van der Waals surface area contributed by atoms with Crippen LogP contribution in [0.4, 0.5) is 5.69 Å². The molecule has 3 N–H and O–H groups in total. The molecule has 0 aliphatic heterocycles. The minimum atomic E-state index is 0.417. The zero-order chi connectivity index (χ0) is 13.8. The smallest absolute Gasteiger partial charge is 0.178 e. The first-order chi connectivity index (χ1) is 9.88. The SMILES string of the molecule is NCC1CCCCC1Nc1cccnc1-n1cncn1. The van der Waals surface area contributed by atoms with Crippen molar-refractivity contribution in [3.63, 3.8) is 0 Å². The average Bonchev–Trinajstić information content (AvgIpc) is 3.02. The molecule has 3 rings (SSSR count). The molecule has 2 unspecified atom stereocenters. The fourth-order valence-electron chi connectivity index (χ4n) is 2.89. The minimum Gasteiger partial charge on any atom is -0.379 e. The molecule has 0 aromatic carbocycles. The Kier molecular flexibility index (Phi) is 3.92. The number of nitrogens with zero attached hydrogens (tertiary/aromatic N) is 4. The second kappa shape index (κ2) is 6.00. The van der Waals surface area contributed by atoms with Crippen LogP contribution in [-0.2, 0) is 0 Å². The van der Waals surface area contributed by atoms with Gasteiger partial charge in [-0.25, -0.2) is 14.6 Å². The molecular weight excluding hydrogens is 252 g/mol. The number of aromatic nitrogens is 4. The van der Waals surface area contributed by atoms with E-state index < -0.39 is 0 Å². The van der Waals surface area contributed by atoms with Crippen LogP contribution in [-0.4, -0.2) is 32.3 Å². The molecule has 0 radical (unpaired) electrons. The number of nitrogens with two attached hydrogens (primary N) is 1. The predicted octanol–water partition coefficient (Wildman–Crippen LogP) is 1.59. The summed E-state index contributed by atoms with van der Waals surface area (Å²) in [5.74, 6) is 1.32. The second-order valence-corrected chi connectivity index (χ2v) is 5.25. The molecule has 2 heterocycles. The summed E-state index contributed by atoms with van der Waals surface area (Å²) in [6.45, 7) is 0.733. The molecule has 6 heteroatoms. The summed E-state index contributed by atoms with van der Waals surface area (Å²) in [7, 11) is 0. The fourth-order valence-corrected chi connectivity index (χ4v) is 2.89. The molecule has 6 nitrogen and oxygen atoms in total. The summed E-state index contributed by atoms with van der Waals surface area (Å²) < 4.78 is 1.68. The van der Waals surface area contributed by atoms with Gasteiger partial charge in [-0.05, 0) is 37.4 Å². The van der Waals surface area contributed by atoms with Gasteiger partial charge in [0.05, 0.1) is 5.69 Å². The van der Waals surface area contributed by atoms with Gasteiger partial charge in [0.15, 0.2) is 5.82 Å². The number of hydrogen-bond donors (Lipinski definition) is 2. The van der Waals surface area contributed by atoms with Crippen molar-refractivity contribution in [3.05, 3.63) is 31.0 Å². The summed E-state index contributed by atoms with van der Waals surface area (Å²) in [5.41, 5.74) is 6.89. The van der Waals surface area contributed by atoms with Gasteiger partial charge in [-0.3, -0.25) is 0 Å². The summed E-state index contributed by atoms with van der Waals surface area (Å²) in [6.07, 6.45) is 9.84. The van der Waals surface area contributed by atoms with Crippen LogP contribution in [0.15, 0.2) is 31.0 Å². The highest BCUT2D eigenvalue weighted by molar-refractivity contribution is 5.56. The lowest BCUT2D eigenvalue weighted by Crippen LogP contribution is -2.37. The van der Waals surface area contributed by atoms with E-state index in [9.17, 15) is 0 Å². The first-order valence-electron chi connectivity index (χ1n) is 7.15. The molecule has 0 bridgehead atoms. The maximum atomic E-state index is 5.90. The van der Waals surface area contributed by atoms with Gasteiger partial charge in [-0.1, -0.05) is 12.8 Å². The summed E-state index contributed by atoms with van der Waals surface area (Å²) in [4.78, 5) is 8.39. The highest BCUT2D eigenvalue weighted by atomic mass is 15.3. The van der Waals surface area contributed by atoms with Gasteiger partial charge in [-0.2, -0.15) is 5.10 Å². The van der Waals surface area contributed by atoms with Crippen molar-refractivity contribution in [1.82, 2.24) is 19.7 Å². The monoisotopic (exact) mass is 272 g/mol. The Labute approximate surface area is 118 Å². The highest BCUT2D eigenvalue weighted by Gasteiger charge is 2.24. The van der Waals surface area contributed by atoms with E-state index in [1.54, 1.807) is 17.2 Å². The maximum Gasteiger partial charge on any atom is 0.178 e. The van der Waals surface area contributed by atoms with Gasteiger partial charge in [0.1, 0.15) is 12.7 Å². The number of hydrogen-bond acceptors (Lipinski definition) is 5. The largest absolute Gasteiger partial charge is 0.379 e. The first-order valence-corrected chi connectivity index (χ1v) is 7.15. The predicted molar refractivity (Wildman–Crippen MR) is 77.6 cm³/mol. The van der Waals surface area contributed by atoms with E-state index in [4.69, 9.17) is 5.73 Å². The van der Waals surface area contributed by atoms with Gasteiger partial charge >= 0.3 is 0 Å². The fraction of sp³-hybridized carbons (Fsp3) is 0.500. The van der Waals surface area contributed by atoms with E-state index in [1.165, 1.54) is 25.6 Å². The van der Waals surface area contributed by atoms with Crippen molar-refractivity contribution in [2.24, 2.45) is 11.7 Å². The lowest BCUT2D eigenvalue weighted by atomic mass is 9.84. The summed E-state index contributed by atoms with van der Waals surface area (Å²) in [5, 5.41) is 7.77. The van der Waals surface area contributed by atoms with Gasteiger partial charge in [0.2, 0.25) is 0 Å². The van der Waals surface area contributed by atoms with Crippen molar-refractivity contribution in [2.75, 3.05) is 11.9 Å². The van der Waals surface area contributed by atoms with Crippen LogP contribution < -0.4 is 11.1 Å². The zero-order valence-electron chi connectivity index (χ0n) is 11.4.